The topological polar surface area (TPSA) is 80.0 Å². The number of carbonyl (C=O) groups is 1. The molecular weight excluding hydrogens is 268 g/mol. The Kier molecular flexibility index (Phi) is 4.26. The van der Waals surface area contributed by atoms with E-state index in [0.29, 0.717) is 23.7 Å². The lowest BCUT2D eigenvalue weighted by molar-refractivity contribution is 0.0947. The number of nitrogens with zero attached hydrogens (tertiary/aromatic N) is 2. The van der Waals surface area contributed by atoms with E-state index in [0.717, 1.165) is 5.69 Å². The monoisotopic (exact) mass is 288 g/mol. The van der Waals surface area contributed by atoms with Crippen LogP contribution < -0.4 is 10.6 Å². The summed E-state index contributed by atoms with van der Waals surface area (Å²) in [5, 5.41) is 9.39. The molecule has 0 aliphatic heterocycles. The first kappa shape index (κ1) is 15.0. The molecule has 6 heteroatoms. The fraction of sp³-hybridized carbons (Fsp3) is 0.400. The molecule has 0 fully saturated rings. The summed E-state index contributed by atoms with van der Waals surface area (Å²) in [6.07, 6.45) is 1.55. The average molecular weight is 288 g/mol. The van der Waals surface area contributed by atoms with Gasteiger partial charge in [-0.2, -0.15) is 0 Å². The van der Waals surface area contributed by atoms with Gasteiger partial charge < -0.3 is 15.2 Å². The van der Waals surface area contributed by atoms with Crippen molar-refractivity contribution in [3.8, 4) is 0 Å². The molecule has 0 atom stereocenters. The Morgan fingerprint density at radius 1 is 1.33 bits per heavy atom. The fourth-order valence-corrected chi connectivity index (χ4v) is 1.78. The maximum Gasteiger partial charge on any atom is 0.251 e. The highest BCUT2D eigenvalue weighted by Crippen LogP contribution is 2.23. The van der Waals surface area contributed by atoms with Crippen LogP contribution >= 0.6 is 0 Å². The van der Waals surface area contributed by atoms with Gasteiger partial charge in [0.05, 0.1) is 12.7 Å². The van der Waals surface area contributed by atoms with Gasteiger partial charge in [-0.1, -0.05) is 25.9 Å². The number of aromatic nitrogens is 2. The minimum Gasteiger partial charge on any atom is -0.373 e. The molecule has 0 aliphatic rings. The van der Waals surface area contributed by atoms with Gasteiger partial charge in [-0.3, -0.25) is 4.79 Å². The van der Waals surface area contributed by atoms with Gasteiger partial charge in [-0.05, 0) is 12.1 Å². The second kappa shape index (κ2) is 5.95. The summed E-state index contributed by atoms with van der Waals surface area (Å²) in [7, 11) is 1.78. The molecule has 2 aromatic heterocycles. The zero-order chi connectivity index (χ0) is 15.5. The summed E-state index contributed by atoms with van der Waals surface area (Å²) >= 11 is 0. The highest BCUT2D eigenvalue weighted by molar-refractivity contribution is 5.95. The van der Waals surface area contributed by atoms with Gasteiger partial charge in [0, 0.05) is 29.8 Å². The van der Waals surface area contributed by atoms with Crippen molar-refractivity contribution in [1.29, 1.82) is 0 Å². The number of rotatable bonds is 4. The smallest absolute Gasteiger partial charge is 0.251 e. The van der Waals surface area contributed by atoms with Crippen molar-refractivity contribution in [2.75, 3.05) is 12.4 Å². The molecule has 0 bridgehead atoms. The number of amides is 1. The molecule has 2 N–H and O–H groups in total. The molecular formula is C15H20N4O2. The van der Waals surface area contributed by atoms with Gasteiger partial charge in [0.25, 0.3) is 5.91 Å². The molecule has 2 aromatic rings. The fourth-order valence-electron chi connectivity index (χ4n) is 1.78. The maximum atomic E-state index is 12.3. The summed E-state index contributed by atoms with van der Waals surface area (Å²) in [5.41, 5.74) is 1.30. The molecule has 0 unspecified atom stereocenters. The predicted octanol–water partition coefficient (Wildman–Crippen LogP) is 2.34. The average Bonchev–Trinajstić information content (AvgIpc) is 2.96. The largest absolute Gasteiger partial charge is 0.373 e. The summed E-state index contributed by atoms with van der Waals surface area (Å²) in [5.74, 6) is 1.12. The number of carbonyl (C=O) groups excluding carboxylic acids is 1. The van der Waals surface area contributed by atoms with Gasteiger partial charge in [0.1, 0.15) is 5.82 Å². The molecule has 0 saturated heterocycles. The summed E-state index contributed by atoms with van der Waals surface area (Å²) in [4.78, 5) is 16.8. The summed E-state index contributed by atoms with van der Waals surface area (Å²) in [6.45, 7) is 6.49. The van der Waals surface area contributed by atoms with Crippen molar-refractivity contribution in [2.24, 2.45) is 0 Å². The lowest BCUT2D eigenvalue weighted by Gasteiger charge is -2.19. The summed E-state index contributed by atoms with van der Waals surface area (Å²) in [6, 6.07) is 5.26. The zero-order valence-corrected chi connectivity index (χ0v) is 12.7. The van der Waals surface area contributed by atoms with Crippen molar-refractivity contribution in [3.05, 3.63) is 41.4 Å². The highest BCUT2D eigenvalue weighted by Gasteiger charge is 2.19. The number of nitrogens with one attached hydrogen (secondary N) is 2. The lowest BCUT2D eigenvalue weighted by atomic mass is 9.90. The normalized spacial score (nSPS) is 11.2. The second-order valence-electron chi connectivity index (χ2n) is 5.79. The Hall–Kier alpha value is -2.37. The highest BCUT2D eigenvalue weighted by atomic mass is 16.5. The summed E-state index contributed by atoms with van der Waals surface area (Å²) < 4.78 is 4.95. The Morgan fingerprint density at radius 3 is 2.67 bits per heavy atom. The SMILES string of the molecule is CNc1cc(C(=O)NCc2ccno2)cc(C(C)(C)C)n1. The van der Waals surface area contributed by atoms with Crippen molar-refractivity contribution in [1.82, 2.24) is 15.5 Å². The van der Waals surface area contributed by atoms with E-state index < -0.39 is 0 Å². The third-order valence-corrected chi connectivity index (χ3v) is 3.03. The third-order valence-electron chi connectivity index (χ3n) is 3.03. The van der Waals surface area contributed by atoms with Gasteiger partial charge in [0.15, 0.2) is 5.76 Å². The third kappa shape index (κ3) is 3.81. The molecule has 112 valence electrons. The van der Waals surface area contributed by atoms with E-state index in [1.54, 1.807) is 25.4 Å². The van der Waals surface area contributed by atoms with Crippen LogP contribution in [0.5, 0.6) is 0 Å². The minimum absolute atomic E-state index is 0.132. The van der Waals surface area contributed by atoms with E-state index in [9.17, 15) is 4.79 Å². The van der Waals surface area contributed by atoms with Crippen LogP contribution in [-0.2, 0) is 12.0 Å². The van der Waals surface area contributed by atoms with Gasteiger partial charge in [-0.15, -0.1) is 0 Å². The molecule has 2 rings (SSSR count). The maximum absolute atomic E-state index is 12.3. The van der Waals surface area contributed by atoms with E-state index in [1.807, 2.05) is 6.07 Å². The van der Waals surface area contributed by atoms with Gasteiger partial charge in [0.2, 0.25) is 0 Å². The number of anilines is 1. The van der Waals surface area contributed by atoms with Crippen molar-refractivity contribution in [3.63, 3.8) is 0 Å². The van der Waals surface area contributed by atoms with Crippen LogP contribution in [0.1, 0.15) is 42.6 Å². The van der Waals surface area contributed by atoms with Crippen LogP contribution in [-0.4, -0.2) is 23.1 Å². The molecule has 0 aliphatic carbocycles. The van der Waals surface area contributed by atoms with Gasteiger partial charge >= 0.3 is 0 Å². The minimum atomic E-state index is -0.171. The molecule has 0 saturated carbocycles. The van der Waals surface area contributed by atoms with Crippen LogP contribution in [0, 0.1) is 0 Å². The Balaban J connectivity index is 2.19. The predicted molar refractivity (Wildman–Crippen MR) is 80.2 cm³/mol. The van der Waals surface area contributed by atoms with Crippen LogP contribution in [0.2, 0.25) is 0 Å². The molecule has 1 amide bonds. The van der Waals surface area contributed by atoms with Crippen molar-refractivity contribution < 1.29 is 9.32 Å². The van der Waals surface area contributed by atoms with E-state index in [1.165, 1.54) is 0 Å². The van der Waals surface area contributed by atoms with Crippen LogP contribution in [0.3, 0.4) is 0 Å². The molecule has 0 spiro atoms. The Bertz CT molecular complexity index is 615. The molecule has 0 radical (unpaired) electrons. The number of pyridine rings is 1. The molecule has 2 heterocycles. The Labute approximate surface area is 123 Å². The first-order valence-electron chi connectivity index (χ1n) is 6.78. The van der Waals surface area contributed by atoms with E-state index in [2.05, 4.69) is 41.5 Å². The van der Waals surface area contributed by atoms with Crippen LogP contribution in [0.15, 0.2) is 28.9 Å². The molecule has 21 heavy (non-hydrogen) atoms. The lowest BCUT2D eigenvalue weighted by Crippen LogP contribution is -2.24. The van der Waals surface area contributed by atoms with Crippen LogP contribution in [0.25, 0.3) is 0 Å². The van der Waals surface area contributed by atoms with E-state index in [4.69, 9.17) is 4.52 Å². The standard InChI is InChI=1S/C15H20N4O2/c1-15(2,3)12-7-10(8-13(16-4)19-12)14(20)17-9-11-5-6-18-21-11/h5-8H,9H2,1-4H3,(H,16,19)(H,17,20). The quantitative estimate of drug-likeness (QED) is 0.902. The van der Waals surface area contributed by atoms with E-state index in [-0.39, 0.29) is 11.3 Å². The van der Waals surface area contributed by atoms with Crippen LogP contribution in [0.4, 0.5) is 5.82 Å². The number of hydrogen-bond acceptors (Lipinski definition) is 5. The van der Waals surface area contributed by atoms with E-state index >= 15 is 0 Å². The number of hydrogen-bond donors (Lipinski definition) is 2. The first-order valence-corrected chi connectivity index (χ1v) is 6.78. The van der Waals surface area contributed by atoms with Crippen molar-refractivity contribution in [2.45, 2.75) is 32.7 Å². The first-order chi connectivity index (χ1) is 9.90. The van der Waals surface area contributed by atoms with Crippen molar-refractivity contribution >= 4 is 11.7 Å². The second-order valence-corrected chi connectivity index (χ2v) is 5.79. The molecule has 0 aromatic carbocycles. The molecule has 6 nitrogen and oxygen atoms in total. The van der Waals surface area contributed by atoms with Gasteiger partial charge in [-0.25, -0.2) is 4.98 Å². The zero-order valence-electron chi connectivity index (χ0n) is 12.7. The Morgan fingerprint density at radius 2 is 2.10 bits per heavy atom.